The molecule has 1 amide bonds. The van der Waals surface area contributed by atoms with Crippen LogP contribution in [0.1, 0.15) is 27.7 Å². The first-order valence-electron chi connectivity index (χ1n) is 9.24. The number of hydrogen-bond donors (Lipinski definition) is 0. The first-order chi connectivity index (χ1) is 13.3. The van der Waals surface area contributed by atoms with Crippen molar-refractivity contribution >= 4 is 22.0 Å². The Labute approximate surface area is 177 Å². The molecule has 2 rings (SSSR count). The van der Waals surface area contributed by atoms with E-state index in [-0.39, 0.29) is 28.1 Å². The van der Waals surface area contributed by atoms with E-state index in [9.17, 15) is 18.0 Å². The Balaban J connectivity index is 1.82. The normalized spacial score (nSPS) is 18.5. The van der Waals surface area contributed by atoms with Gasteiger partial charge in [0.15, 0.2) is 0 Å². The number of carbonyl (C=O) groups is 1. The summed E-state index contributed by atoms with van der Waals surface area (Å²) in [6.07, 6.45) is -5.10. The molecule has 1 aliphatic heterocycles. The Kier molecular flexibility index (Phi) is 7.67. The number of nitrogens with zero attached hydrogens (tertiary/aromatic N) is 2. The van der Waals surface area contributed by atoms with E-state index >= 15 is 0 Å². The van der Waals surface area contributed by atoms with Crippen LogP contribution >= 0.6 is 15.9 Å². The van der Waals surface area contributed by atoms with Gasteiger partial charge in [0.2, 0.25) is 0 Å². The highest BCUT2D eigenvalue weighted by Crippen LogP contribution is 2.33. The minimum absolute atomic E-state index is 0.0157. The molecule has 1 heterocycles. The third kappa shape index (κ3) is 7.93. The lowest BCUT2D eigenvalue weighted by Gasteiger charge is -2.40. The van der Waals surface area contributed by atoms with Crippen molar-refractivity contribution in [3.63, 3.8) is 0 Å². The Morgan fingerprint density at radius 3 is 2.52 bits per heavy atom. The number of benzene rings is 1. The molecule has 0 saturated carbocycles. The highest BCUT2D eigenvalue weighted by Gasteiger charge is 2.32. The van der Waals surface area contributed by atoms with Gasteiger partial charge in [-0.1, -0.05) is 0 Å². The van der Waals surface area contributed by atoms with E-state index in [1.165, 1.54) is 12.1 Å². The molecule has 0 aromatic heterocycles. The molecule has 1 aliphatic rings. The number of rotatable bonds is 5. The van der Waals surface area contributed by atoms with Gasteiger partial charge in [0.1, 0.15) is 23.7 Å². The zero-order valence-corrected chi connectivity index (χ0v) is 18.5. The minimum atomic E-state index is -4.77. The molecule has 6 nitrogen and oxygen atoms in total. The fourth-order valence-corrected chi connectivity index (χ4v) is 3.22. The maximum absolute atomic E-state index is 12.4. The van der Waals surface area contributed by atoms with Crippen LogP contribution in [0.4, 0.5) is 18.0 Å². The molecule has 0 bridgehead atoms. The van der Waals surface area contributed by atoms with E-state index in [1.807, 2.05) is 27.7 Å². The molecular formula is C19H26BrF3N2O4. The van der Waals surface area contributed by atoms with Crippen molar-refractivity contribution in [1.82, 2.24) is 9.80 Å². The second-order valence-corrected chi connectivity index (χ2v) is 8.67. The van der Waals surface area contributed by atoms with Gasteiger partial charge in [-0.15, -0.1) is 13.2 Å². The van der Waals surface area contributed by atoms with Gasteiger partial charge in [0.05, 0.1) is 4.47 Å². The van der Waals surface area contributed by atoms with Crippen LogP contribution < -0.4 is 9.47 Å². The summed E-state index contributed by atoms with van der Waals surface area (Å²) >= 11 is 3.02. The molecule has 1 saturated heterocycles. The summed E-state index contributed by atoms with van der Waals surface area (Å²) < 4.78 is 52.5. The van der Waals surface area contributed by atoms with Crippen LogP contribution in [-0.4, -0.2) is 66.7 Å². The minimum Gasteiger partial charge on any atom is -0.492 e. The van der Waals surface area contributed by atoms with Crippen molar-refractivity contribution in [2.75, 3.05) is 32.8 Å². The summed E-state index contributed by atoms with van der Waals surface area (Å²) in [6.45, 7) is 10.2. The van der Waals surface area contributed by atoms with Crippen molar-refractivity contribution in [3.05, 3.63) is 22.7 Å². The van der Waals surface area contributed by atoms with E-state index in [1.54, 1.807) is 11.0 Å². The number of alkyl halides is 3. The van der Waals surface area contributed by atoms with Crippen LogP contribution in [-0.2, 0) is 4.74 Å². The predicted molar refractivity (Wildman–Crippen MR) is 105 cm³/mol. The average Bonchev–Trinajstić information content (AvgIpc) is 2.55. The summed E-state index contributed by atoms with van der Waals surface area (Å²) in [5.74, 6) is -0.0671. The Morgan fingerprint density at radius 2 is 1.93 bits per heavy atom. The number of carbonyl (C=O) groups excluding carboxylic acids is 1. The zero-order valence-electron chi connectivity index (χ0n) is 16.9. The van der Waals surface area contributed by atoms with Crippen molar-refractivity contribution in [1.29, 1.82) is 0 Å². The lowest BCUT2D eigenvalue weighted by molar-refractivity contribution is -0.274. The third-order valence-corrected chi connectivity index (χ3v) is 4.80. The standard InChI is InChI=1S/C19H26BrF3N2O4/c1-13-12-24(7-8-25(13)17(26)29-18(2,3)4)9-10-27-14-5-6-15(20)16(11-14)28-19(21,22)23/h5-6,11,13H,7-10,12H2,1-4H3/t13-/m0/s1. The zero-order chi connectivity index (χ0) is 21.8. The van der Waals surface area contributed by atoms with Crippen LogP contribution in [0.25, 0.3) is 0 Å². The number of halogens is 4. The molecule has 0 N–H and O–H groups in total. The van der Waals surface area contributed by atoms with Gasteiger partial charge in [-0.25, -0.2) is 4.79 Å². The third-order valence-electron chi connectivity index (χ3n) is 4.14. The molecule has 1 aromatic carbocycles. The van der Waals surface area contributed by atoms with Gasteiger partial charge in [-0.2, -0.15) is 0 Å². The number of piperazine rings is 1. The largest absolute Gasteiger partial charge is 0.573 e. The Morgan fingerprint density at radius 1 is 1.24 bits per heavy atom. The summed E-state index contributed by atoms with van der Waals surface area (Å²) in [5, 5.41) is 0. The van der Waals surface area contributed by atoms with Crippen LogP contribution in [0.2, 0.25) is 0 Å². The SMILES string of the molecule is C[C@H]1CN(CCOc2ccc(Br)c(OC(F)(F)F)c2)CCN1C(=O)OC(C)(C)C. The van der Waals surface area contributed by atoms with E-state index in [4.69, 9.17) is 9.47 Å². The fraction of sp³-hybridized carbons (Fsp3) is 0.632. The second kappa shape index (κ2) is 9.42. The monoisotopic (exact) mass is 482 g/mol. The second-order valence-electron chi connectivity index (χ2n) is 7.81. The van der Waals surface area contributed by atoms with Crippen molar-refractivity contribution in [2.24, 2.45) is 0 Å². The van der Waals surface area contributed by atoms with Gasteiger partial charge < -0.3 is 19.1 Å². The van der Waals surface area contributed by atoms with Crippen molar-refractivity contribution in [2.45, 2.75) is 45.7 Å². The Bertz CT molecular complexity index is 710. The van der Waals surface area contributed by atoms with Gasteiger partial charge in [-0.05, 0) is 55.8 Å². The number of ether oxygens (including phenoxy) is 3. The smallest absolute Gasteiger partial charge is 0.492 e. The van der Waals surface area contributed by atoms with E-state index < -0.39 is 12.0 Å². The lowest BCUT2D eigenvalue weighted by Crippen LogP contribution is -2.55. The molecule has 29 heavy (non-hydrogen) atoms. The molecule has 1 aromatic rings. The van der Waals surface area contributed by atoms with Crippen LogP contribution in [0.3, 0.4) is 0 Å². The van der Waals surface area contributed by atoms with E-state index in [2.05, 4.69) is 25.6 Å². The molecule has 1 fully saturated rings. The summed E-state index contributed by atoms with van der Waals surface area (Å²) in [7, 11) is 0. The first kappa shape index (κ1) is 23.6. The topological polar surface area (TPSA) is 51.2 Å². The molecule has 1 atom stereocenters. The summed E-state index contributed by atoms with van der Waals surface area (Å²) in [5.41, 5.74) is -0.541. The Hall–Kier alpha value is -1.68. The molecule has 10 heteroatoms. The molecule has 0 spiro atoms. The maximum atomic E-state index is 12.4. The highest BCUT2D eigenvalue weighted by atomic mass is 79.9. The van der Waals surface area contributed by atoms with Gasteiger partial charge >= 0.3 is 12.5 Å². The van der Waals surface area contributed by atoms with Gasteiger partial charge in [0.25, 0.3) is 0 Å². The number of amides is 1. The van der Waals surface area contributed by atoms with Crippen LogP contribution in [0.15, 0.2) is 22.7 Å². The average molecular weight is 483 g/mol. The molecular weight excluding hydrogens is 457 g/mol. The highest BCUT2D eigenvalue weighted by molar-refractivity contribution is 9.10. The fourth-order valence-electron chi connectivity index (χ4n) is 2.90. The predicted octanol–water partition coefficient (Wildman–Crippen LogP) is 4.67. The van der Waals surface area contributed by atoms with Gasteiger partial charge in [-0.3, -0.25) is 4.90 Å². The lowest BCUT2D eigenvalue weighted by atomic mass is 10.2. The van der Waals surface area contributed by atoms with Crippen molar-refractivity contribution < 1.29 is 32.2 Å². The van der Waals surface area contributed by atoms with E-state index in [0.29, 0.717) is 32.8 Å². The molecule has 0 unspecified atom stereocenters. The number of hydrogen-bond acceptors (Lipinski definition) is 5. The quantitative estimate of drug-likeness (QED) is 0.610. The summed E-state index contributed by atoms with van der Waals surface area (Å²) in [6, 6.07) is 4.19. The summed E-state index contributed by atoms with van der Waals surface area (Å²) in [4.78, 5) is 16.1. The van der Waals surface area contributed by atoms with Crippen LogP contribution in [0.5, 0.6) is 11.5 Å². The molecule has 164 valence electrons. The first-order valence-corrected chi connectivity index (χ1v) is 10.0. The van der Waals surface area contributed by atoms with Crippen molar-refractivity contribution in [3.8, 4) is 11.5 Å². The molecule has 0 aliphatic carbocycles. The maximum Gasteiger partial charge on any atom is 0.573 e. The van der Waals surface area contributed by atoms with Crippen LogP contribution in [0, 0.1) is 0 Å². The van der Waals surface area contributed by atoms with E-state index in [0.717, 1.165) is 0 Å². The molecule has 0 radical (unpaired) electrons. The van der Waals surface area contributed by atoms with Gasteiger partial charge in [0, 0.05) is 38.3 Å².